The fraction of sp³-hybridized carbons (Fsp3) is 0.917. The Morgan fingerprint density at radius 1 is 1.38 bits per heavy atom. The quantitative estimate of drug-likeness (QED) is 0.727. The average molecular weight is 243 g/mol. The minimum Gasteiger partial charge on any atom is -0.301 e. The molecule has 0 aromatic heterocycles. The van der Waals surface area contributed by atoms with E-state index in [-0.39, 0.29) is 11.3 Å². The molecule has 1 unspecified atom stereocenters. The number of nitrogens with zero attached hydrogens (tertiary/aromatic N) is 1. The first kappa shape index (κ1) is 12.2. The molecule has 1 saturated carbocycles. The number of hydrogen-bond donors (Lipinski definition) is 0. The van der Waals surface area contributed by atoms with Crippen LogP contribution in [-0.4, -0.2) is 46.0 Å². The first-order valence-corrected chi connectivity index (χ1v) is 7.59. The standard InChI is InChI=1S/C12H21NO2S/c1-12(2)4-3-10(11(12)14)9-13-5-7-16(15)8-6-13/h10H,3-9H2,1-2H3. The van der Waals surface area contributed by atoms with Crippen molar-refractivity contribution in [2.45, 2.75) is 26.7 Å². The first-order valence-electron chi connectivity index (χ1n) is 6.11. The molecule has 0 aromatic carbocycles. The summed E-state index contributed by atoms with van der Waals surface area (Å²) < 4.78 is 11.2. The summed E-state index contributed by atoms with van der Waals surface area (Å²) >= 11 is 0. The number of carbonyl (C=O) groups excluding carboxylic acids is 1. The monoisotopic (exact) mass is 243 g/mol. The second-order valence-corrected chi connectivity index (χ2v) is 7.33. The van der Waals surface area contributed by atoms with Gasteiger partial charge in [0.05, 0.1) is 0 Å². The van der Waals surface area contributed by atoms with Crippen molar-refractivity contribution in [3.05, 3.63) is 0 Å². The van der Waals surface area contributed by atoms with E-state index in [1.165, 1.54) is 0 Å². The van der Waals surface area contributed by atoms with Crippen LogP contribution in [0.25, 0.3) is 0 Å². The molecule has 1 aliphatic carbocycles. The van der Waals surface area contributed by atoms with Crippen molar-refractivity contribution in [2.75, 3.05) is 31.1 Å². The molecule has 0 N–H and O–H groups in total. The van der Waals surface area contributed by atoms with E-state index in [0.717, 1.165) is 44.0 Å². The fourth-order valence-corrected chi connectivity index (χ4v) is 3.81. The summed E-state index contributed by atoms with van der Waals surface area (Å²) in [5, 5.41) is 0. The van der Waals surface area contributed by atoms with Crippen molar-refractivity contribution >= 4 is 16.6 Å². The predicted molar refractivity (Wildman–Crippen MR) is 65.8 cm³/mol. The maximum Gasteiger partial charge on any atom is 0.142 e. The summed E-state index contributed by atoms with van der Waals surface area (Å²) in [7, 11) is -0.615. The van der Waals surface area contributed by atoms with Crippen LogP contribution >= 0.6 is 0 Å². The van der Waals surface area contributed by atoms with Gasteiger partial charge in [-0.3, -0.25) is 9.00 Å². The van der Waals surface area contributed by atoms with E-state index >= 15 is 0 Å². The van der Waals surface area contributed by atoms with Gasteiger partial charge in [-0.05, 0) is 12.8 Å². The van der Waals surface area contributed by atoms with E-state index in [0.29, 0.717) is 5.78 Å². The van der Waals surface area contributed by atoms with E-state index in [2.05, 4.69) is 18.7 Å². The highest BCUT2D eigenvalue weighted by Crippen LogP contribution is 2.37. The van der Waals surface area contributed by atoms with Crippen LogP contribution in [0, 0.1) is 11.3 Å². The molecular weight excluding hydrogens is 222 g/mol. The summed E-state index contributed by atoms with van der Waals surface area (Å²) in [6.45, 7) is 6.80. The molecule has 4 heteroatoms. The van der Waals surface area contributed by atoms with Crippen molar-refractivity contribution in [2.24, 2.45) is 11.3 Å². The second kappa shape index (κ2) is 4.57. The van der Waals surface area contributed by atoms with Crippen LogP contribution in [0.2, 0.25) is 0 Å². The lowest BCUT2D eigenvalue weighted by Crippen LogP contribution is -2.41. The Kier molecular flexibility index (Phi) is 3.50. The second-order valence-electron chi connectivity index (χ2n) is 5.63. The van der Waals surface area contributed by atoms with Gasteiger partial charge in [-0.15, -0.1) is 0 Å². The summed E-state index contributed by atoms with van der Waals surface area (Å²) in [4.78, 5) is 14.4. The lowest BCUT2D eigenvalue weighted by Gasteiger charge is -2.28. The predicted octanol–water partition coefficient (Wildman–Crippen LogP) is 1.06. The van der Waals surface area contributed by atoms with Gasteiger partial charge in [-0.2, -0.15) is 0 Å². The zero-order chi connectivity index (χ0) is 11.8. The molecule has 0 amide bonds. The summed E-state index contributed by atoms with van der Waals surface area (Å²) in [5.41, 5.74) is -0.108. The average Bonchev–Trinajstić information content (AvgIpc) is 2.49. The van der Waals surface area contributed by atoms with Crippen molar-refractivity contribution in [3.8, 4) is 0 Å². The molecule has 0 spiro atoms. The van der Waals surface area contributed by atoms with Crippen molar-refractivity contribution in [1.29, 1.82) is 0 Å². The van der Waals surface area contributed by atoms with Gasteiger partial charge in [-0.25, -0.2) is 0 Å². The maximum absolute atomic E-state index is 12.1. The van der Waals surface area contributed by atoms with E-state index in [1.807, 2.05) is 0 Å². The number of carbonyl (C=O) groups is 1. The molecule has 2 fully saturated rings. The van der Waals surface area contributed by atoms with Crippen molar-refractivity contribution < 1.29 is 9.00 Å². The molecular formula is C12H21NO2S. The van der Waals surface area contributed by atoms with Crippen LogP contribution < -0.4 is 0 Å². The van der Waals surface area contributed by atoms with Crippen LogP contribution in [-0.2, 0) is 15.6 Å². The van der Waals surface area contributed by atoms with Gasteiger partial charge in [0, 0.05) is 53.3 Å². The molecule has 92 valence electrons. The molecule has 0 radical (unpaired) electrons. The van der Waals surface area contributed by atoms with Crippen molar-refractivity contribution in [1.82, 2.24) is 4.90 Å². The van der Waals surface area contributed by atoms with Gasteiger partial charge in [-0.1, -0.05) is 13.8 Å². The Hall–Kier alpha value is -0.220. The number of rotatable bonds is 2. The Morgan fingerprint density at radius 3 is 2.50 bits per heavy atom. The van der Waals surface area contributed by atoms with E-state index in [9.17, 15) is 9.00 Å². The highest BCUT2D eigenvalue weighted by molar-refractivity contribution is 7.85. The van der Waals surface area contributed by atoms with Gasteiger partial charge < -0.3 is 4.90 Å². The molecule has 1 aliphatic heterocycles. The molecule has 0 aromatic rings. The lowest BCUT2D eigenvalue weighted by molar-refractivity contribution is -0.127. The topological polar surface area (TPSA) is 37.4 Å². The third-order valence-corrected chi connectivity index (χ3v) is 5.18. The van der Waals surface area contributed by atoms with Gasteiger partial charge in [0.2, 0.25) is 0 Å². The molecule has 1 atom stereocenters. The van der Waals surface area contributed by atoms with E-state index in [4.69, 9.17) is 0 Å². The normalized spacial score (nSPS) is 32.1. The zero-order valence-corrected chi connectivity index (χ0v) is 11.0. The van der Waals surface area contributed by atoms with Crippen LogP contribution in [0.15, 0.2) is 0 Å². The van der Waals surface area contributed by atoms with Crippen LogP contribution in [0.5, 0.6) is 0 Å². The largest absolute Gasteiger partial charge is 0.301 e. The van der Waals surface area contributed by atoms with Crippen LogP contribution in [0.4, 0.5) is 0 Å². The first-order chi connectivity index (χ1) is 7.49. The van der Waals surface area contributed by atoms with Gasteiger partial charge >= 0.3 is 0 Å². The highest BCUT2D eigenvalue weighted by Gasteiger charge is 2.40. The van der Waals surface area contributed by atoms with E-state index in [1.54, 1.807) is 0 Å². The Labute approximate surface area is 100 Å². The minimum absolute atomic E-state index is 0.108. The minimum atomic E-state index is -0.615. The van der Waals surface area contributed by atoms with Gasteiger partial charge in [0.15, 0.2) is 0 Å². The summed E-state index contributed by atoms with van der Waals surface area (Å²) in [5.74, 6) is 2.22. The Bertz CT molecular complexity index is 304. The Balaban J connectivity index is 1.87. The lowest BCUT2D eigenvalue weighted by atomic mass is 9.89. The van der Waals surface area contributed by atoms with E-state index < -0.39 is 10.8 Å². The maximum atomic E-state index is 12.1. The third-order valence-electron chi connectivity index (χ3n) is 3.90. The highest BCUT2D eigenvalue weighted by atomic mass is 32.2. The third kappa shape index (κ3) is 2.54. The molecule has 1 heterocycles. The van der Waals surface area contributed by atoms with Crippen LogP contribution in [0.3, 0.4) is 0 Å². The summed E-state index contributed by atoms with van der Waals surface area (Å²) in [6, 6.07) is 0. The number of Topliss-reactive ketones (excluding diaryl/α,β-unsaturated/α-hetero) is 1. The number of ketones is 1. The molecule has 1 saturated heterocycles. The molecule has 0 bridgehead atoms. The molecule has 16 heavy (non-hydrogen) atoms. The zero-order valence-electron chi connectivity index (χ0n) is 10.2. The van der Waals surface area contributed by atoms with Crippen LogP contribution in [0.1, 0.15) is 26.7 Å². The van der Waals surface area contributed by atoms with Gasteiger partial charge in [0.1, 0.15) is 5.78 Å². The SMILES string of the molecule is CC1(C)CCC(CN2CCS(=O)CC2)C1=O. The fourth-order valence-electron chi connectivity index (χ4n) is 2.69. The molecule has 2 rings (SSSR count). The summed E-state index contributed by atoms with van der Waals surface area (Å²) in [6.07, 6.45) is 2.06. The molecule has 2 aliphatic rings. The van der Waals surface area contributed by atoms with Crippen molar-refractivity contribution in [3.63, 3.8) is 0 Å². The molecule has 3 nitrogen and oxygen atoms in total. The smallest absolute Gasteiger partial charge is 0.142 e. The Morgan fingerprint density at radius 2 is 2.00 bits per heavy atom. The van der Waals surface area contributed by atoms with Gasteiger partial charge in [0.25, 0.3) is 0 Å². The number of hydrogen-bond acceptors (Lipinski definition) is 3.